The highest BCUT2D eigenvalue weighted by atomic mass is 16.3. The minimum absolute atomic E-state index is 0.369. The number of hydrogen-bond acceptors (Lipinski definition) is 5. The van der Waals surface area contributed by atoms with Crippen LogP contribution in [0.4, 0.5) is 5.82 Å². The zero-order valence-electron chi connectivity index (χ0n) is 9.18. The molecule has 0 unspecified atom stereocenters. The van der Waals surface area contributed by atoms with E-state index in [-0.39, 0.29) is 5.69 Å². The molecule has 0 spiro atoms. The van der Waals surface area contributed by atoms with Crippen LogP contribution in [0.2, 0.25) is 0 Å². The molecule has 1 aliphatic carbocycles. The predicted molar refractivity (Wildman–Crippen MR) is 60.9 cm³/mol. The molecule has 0 aromatic carbocycles. The van der Waals surface area contributed by atoms with Crippen molar-refractivity contribution in [2.75, 3.05) is 11.9 Å². The molecule has 0 radical (unpaired) electrons. The Kier molecular flexibility index (Phi) is 2.15. The highest BCUT2D eigenvalue weighted by molar-refractivity contribution is 5.43. The molecule has 0 atom stereocenters. The Morgan fingerprint density at radius 3 is 3.06 bits per heavy atom. The van der Waals surface area contributed by atoms with Crippen molar-refractivity contribution in [3.8, 4) is 0 Å². The van der Waals surface area contributed by atoms with Crippen molar-refractivity contribution in [2.24, 2.45) is 0 Å². The van der Waals surface area contributed by atoms with Gasteiger partial charge < -0.3 is 10.4 Å². The van der Waals surface area contributed by atoms with Crippen molar-refractivity contribution < 1.29 is 5.11 Å². The summed E-state index contributed by atoms with van der Waals surface area (Å²) in [7, 11) is 0. The van der Waals surface area contributed by atoms with Gasteiger partial charge in [0.2, 0.25) is 0 Å². The van der Waals surface area contributed by atoms with E-state index in [9.17, 15) is 9.90 Å². The minimum Gasteiger partial charge on any atom is -0.388 e. The van der Waals surface area contributed by atoms with Crippen molar-refractivity contribution >= 4 is 11.5 Å². The van der Waals surface area contributed by atoms with E-state index >= 15 is 0 Å². The molecule has 2 aromatic heterocycles. The average molecular weight is 235 g/mol. The Labute approximate surface area is 96.5 Å². The molecule has 1 fully saturated rings. The van der Waals surface area contributed by atoms with Crippen molar-refractivity contribution in [2.45, 2.75) is 24.9 Å². The zero-order chi connectivity index (χ0) is 11.9. The molecule has 2 aromatic rings. The first-order valence-corrected chi connectivity index (χ1v) is 5.57. The molecule has 0 bridgehead atoms. The van der Waals surface area contributed by atoms with Crippen molar-refractivity contribution in [1.82, 2.24) is 19.8 Å². The van der Waals surface area contributed by atoms with Crippen LogP contribution in [0, 0.1) is 0 Å². The molecular weight excluding hydrogens is 222 g/mol. The van der Waals surface area contributed by atoms with Crippen LogP contribution in [-0.2, 0) is 0 Å². The van der Waals surface area contributed by atoms with E-state index in [1.54, 1.807) is 12.1 Å². The molecule has 7 heteroatoms. The Hall–Kier alpha value is -1.89. The van der Waals surface area contributed by atoms with E-state index in [1.807, 2.05) is 0 Å². The van der Waals surface area contributed by atoms with Crippen molar-refractivity contribution in [1.29, 1.82) is 0 Å². The number of rotatable bonds is 3. The van der Waals surface area contributed by atoms with Gasteiger partial charge in [0.05, 0.1) is 5.60 Å². The number of nitrogens with one attached hydrogen (secondary N) is 2. The number of aromatic nitrogens is 4. The van der Waals surface area contributed by atoms with Crippen molar-refractivity contribution in [3.63, 3.8) is 0 Å². The summed E-state index contributed by atoms with van der Waals surface area (Å²) in [6.45, 7) is 0.456. The van der Waals surface area contributed by atoms with E-state index in [2.05, 4.69) is 20.6 Å². The zero-order valence-corrected chi connectivity index (χ0v) is 9.18. The molecule has 3 rings (SSSR count). The van der Waals surface area contributed by atoms with Crippen LogP contribution in [-0.4, -0.2) is 37.1 Å². The third kappa shape index (κ3) is 1.78. The second-order valence-electron chi connectivity index (χ2n) is 4.45. The molecule has 7 nitrogen and oxygen atoms in total. The van der Waals surface area contributed by atoms with Crippen LogP contribution in [0.3, 0.4) is 0 Å². The molecule has 1 saturated carbocycles. The lowest BCUT2D eigenvalue weighted by Crippen LogP contribution is -2.43. The van der Waals surface area contributed by atoms with Gasteiger partial charge in [0, 0.05) is 6.54 Å². The number of aliphatic hydroxyl groups is 1. The van der Waals surface area contributed by atoms with Crippen LogP contribution < -0.4 is 11.0 Å². The van der Waals surface area contributed by atoms with Crippen LogP contribution in [0.15, 0.2) is 16.9 Å². The fourth-order valence-corrected chi connectivity index (χ4v) is 1.91. The lowest BCUT2D eigenvalue weighted by Gasteiger charge is -2.36. The summed E-state index contributed by atoms with van der Waals surface area (Å²) in [4.78, 5) is 11.3. The normalized spacial score (nSPS) is 17.9. The molecule has 0 aliphatic heterocycles. The summed E-state index contributed by atoms with van der Waals surface area (Å²) in [5.74, 6) is 0.557. The number of fused-ring (bicyclic) bond motifs is 1. The monoisotopic (exact) mass is 235 g/mol. The van der Waals surface area contributed by atoms with Crippen LogP contribution in [0.25, 0.3) is 5.65 Å². The average Bonchev–Trinajstić information content (AvgIpc) is 2.66. The third-order valence-electron chi connectivity index (χ3n) is 3.16. The summed E-state index contributed by atoms with van der Waals surface area (Å²) >= 11 is 0. The lowest BCUT2D eigenvalue weighted by atomic mass is 9.80. The molecule has 17 heavy (non-hydrogen) atoms. The van der Waals surface area contributed by atoms with Gasteiger partial charge in [-0.25, -0.2) is 9.89 Å². The van der Waals surface area contributed by atoms with E-state index in [4.69, 9.17) is 0 Å². The largest absolute Gasteiger partial charge is 0.388 e. The van der Waals surface area contributed by atoms with Gasteiger partial charge in [-0.2, -0.15) is 9.61 Å². The molecule has 3 N–H and O–H groups in total. The Bertz CT molecular complexity index is 598. The van der Waals surface area contributed by atoms with Gasteiger partial charge in [-0.05, 0) is 31.4 Å². The first kappa shape index (κ1) is 10.3. The molecule has 2 heterocycles. The van der Waals surface area contributed by atoms with Gasteiger partial charge in [-0.1, -0.05) is 0 Å². The van der Waals surface area contributed by atoms with Crippen LogP contribution in [0.1, 0.15) is 19.3 Å². The minimum atomic E-state index is -0.613. The summed E-state index contributed by atoms with van der Waals surface area (Å²) in [6.07, 6.45) is 2.69. The number of H-pyrrole nitrogens is 1. The number of anilines is 1. The van der Waals surface area contributed by atoms with E-state index < -0.39 is 5.60 Å². The first-order chi connectivity index (χ1) is 8.16. The maximum atomic E-state index is 11.3. The Morgan fingerprint density at radius 1 is 1.53 bits per heavy atom. The summed E-state index contributed by atoms with van der Waals surface area (Å²) in [5, 5.41) is 23.1. The van der Waals surface area contributed by atoms with Gasteiger partial charge in [0.1, 0.15) is 5.82 Å². The Balaban J connectivity index is 1.80. The lowest BCUT2D eigenvalue weighted by molar-refractivity contribution is -0.0202. The first-order valence-electron chi connectivity index (χ1n) is 5.57. The summed E-state index contributed by atoms with van der Waals surface area (Å²) < 4.78 is 1.19. The maximum Gasteiger partial charge on any atom is 0.364 e. The Morgan fingerprint density at radius 2 is 2.35 bits per heavy atom. The standard InChI is InChI=1S/C10H13N5O2/c16-9-13-12-8-3-2-7(14-15(8)9)11-6-10(17)4-1-5-10/h2-3,17H,1,4-6H2,(H,11,14)(H,13,16). The number of nitrogens with zero attached hydrogens (tertiary/aromatic N) is 3. The maximum absolute atomic E-state index is 11.3. The molecule has 1 aliphatic rings. The van der Waals surface area contributed by atoms with Gasteiger partial charge in [-0.15, -0.1) is 5.10 Å². The summed E-state index contributed by atoms with van der Waals surface area (Å²) in [5.41, 5.74) is -0.508. The van der Waals surface area contributed by atoms with Crippen LogP contribution in [0.5, 0.6) is 0 Å². The van der Waals surface area contributed by atoms with Crippen molar-refractivity contribution in [3.05, 3.63) is 22.6 Å². The van der Waals surface area contributed by atoms with Gasteiger partial charge in [0.25, 0.3) is 0 Å². The smallest absolute Gasteiger partial charge is 0.364 e. The molecule has 0 amide bonds. The fraction of sp³-hybridized carbons (Fsp3) is 0.500. The molecule has 90 valence electrons. The van der Waals surface area contributed by atoms with E-state index in [0.717, 1.165) is 19.3 Å². The second-order valence-corrected chi connectivity index (χ2v) is 4.45. The highest BCUT2D eigenvalue weighted by Gasteiger charge is 2.34. The summed E-state index contributed by atoms with van der Waals surface area (Å²) in [6, 6.07) is 3.43. The fourth-order valence-electron chi connectivity index (χ4n) is 1.91. The second kappa shape index (κ2) is 3.56. The van der Waals surface area contributed by atoms with Gasteiger partial charge in [-0.3, -0.25) is 0 Å². The molecular formula is C10H13N5O2. The molecule has 0 saturated heterocycles. The van der Waals surface area contributed by atoms with Gasteiger partial charge in [0.15, 0.2) is 5.65 Å². The quantitative estimate of drug-likeness (QED) is 0.681. The van der Waals surface area contributed by atoms with E-state index in [1.165, 1.54) is 4.52 Å². The third-order valence-corrected chi connectivity index (χ3v) is 3.16. The SMILES string of the molecule is O=c1[nH]nc2ccc(NCC3(O)CCC3)nn12. The highest BCUT2D eigenvalue weighted by Crippen LogP contribution is 2.31. The predicted octanol–water partition coefficient (Wildman–Crippen LogP) is -0.256. The van der Waals surface area contributed by atoms with Gasteiger partial charge >= 0.3 is 5.69 Å². The number of hydrogen-bond donors (Lipinski definition) is 3. The number of aromatic amines is 1. The van der Waals surface area contributed by atoms with E-state index in [0.29, 0.717) is 18.0 Å². The topological polar surface area (TPSA) is 95.3 Å². The van der Waals surface area contributed by atoms with Crippen LogP contribution >= 0.6 is 0 Å².